The molecule has 1 atom stereocenters. The van der Waals surface area contributed by atoms with Crippen molar-refractivity contribution in [2.24, 2.45) is 0 Å². The van der Waals surface area contributed by atoms with Gasteiger partial charge in [-0.3, -0.25) is 9.69 Å². The molecule has 29 heavy (non-hydrogen) atoms. The number of amides is 1. The van der Waals surface area contributed by atoms with Crippen LogP contribution in [0.3, 0.4) is 0 Å². The normalized spacial score (nSPS) is 21.3. The third kappa shape index (κ3) is 4.22. The van der Waals surface area contributed by atoms with Crippen molar-refractivity contribution in [2.45, 2.75) is 83.3 Å². The Labute approximate surface area is 173 Å². The van der Waals surface area contributed by atoms with Crippen LogP contribution in [-0.2, 0) is 16.8 Å². The summed E-state index contributed by atoms with van der Waals surface area (Å²) in [5, 5.41) is 7.50. The fraction of sp³-hybridized carbons (Fsp3) is 0.609. The van der Waals surface area contributed by atoms with E-state index in [-0.39, 0.29) is 17.4 Å². The second-order valence-corrected chi connectivity index (χ2v) is 8.99. The fourth-order valence-corrected chi connectivity index (χ4v) is 4.74. The summed E-state index contributed by atoms with van der Waals surface area (Å²) < 4.78 is 5.72. The van der Waals surface area contributed by atoms with Crippen molar-refractivity contribution in [3.8, 4) is 0 Å². The number of carbonyl (C=O) groups excluding carboxylic acids is 1. The molecule has 0 bridgehead atoms. The van der Waals surface area contributed by atoms with E-state index in [0.29, 0.717) is 24.9 Å². The van der Waals surface area contributed by atoms with Crippen molar-refractivity contribution in [3.05, 3.63) is 47.1 Å². The Hall–Kier alpha value is -2.21. The van der Waals surface area contributed by atoms with Crippen LogP contribution < -0.4 is 5.32 Å². The summed E-state index contributed by atoms with van der Waals surface area (Å²) >= 11 is 0. The maximum absolute atomic E-state index is 11.5. The first-order valence-corrected chi connectivity index (χ1v) is 10.9. The first-order valence-electron chi connectivity index (χ1n) is 10.9. The predicted molar refractivity (Wildman–Crippen MR) is 111 cm³/mol. The Morgan fingerprint density at radius 1 is 1.24 bits per heavy atom. The van der Waals surface area contributed by atoms with Crippen molar-refractivity contribution < 1.29 is 9.32 Å². The molecule has 1 aromatic heterocycles. The van der Waals surface area contributed by atoms with Gasteiger partial charge in [-0.15, -0.1) is 0 Å². The van der Waals surface area contributed by atoms with Crippen molar-refractivity contribution in [2.75, 3.05) is 6.54 Å². The highest BCUT2D eigenvalue weighted by Crippen LogP contribution is 2.45. The highest BCUT2D eigenvalue weighted by atomic mass is 16.5. The number of rotatable bonds is 7. The van der Waals surface area contributed by atoms with E-state index in [1.165, 1.54) is 24.0 Å². The van der Waals surface area contributed by atoms with Gasteiger partial charge in [-0.25, -0.2) is 0 Å². The highest BCUT2D eigenvalue weighted by molar-refractivity contribution is 5.78. The zero-order valence-corrected chi connectivity index (χ0v) is 17.8. The molecule has 2 aromatic rings. The number of hydrogen-bond acceptors (Lipinski definition) is 5. The van der Waals surface area contributed by atoms with Gasteiger partial charge in [0.2, 0.25) is 11.8 Å². The minimum absolute atomic E-state index is 0.127. The van der Waals surface area contributed by atoms with Gasteiger partial charge < -0.3 is 9.84 Å². The molecule has 1 aromatic carbocycles. The van der Waals surface area contributed by atoms with E-state index in [9.17, 15) is 4.79 Å². The Bertz CT molecular complexity index is 837. The molecule has 1 N–H and O–H groups in total. The van der Waals surface area contributed by atoms with Crippen molar-refractivity contribution >= 4 is 5.91 Å². The van der Waals surface area contributed by atoms with Crippen LogP contribution in [0.1, 0.15) is 75.2 Å². The largest absolute Gasteiger partial charge is 0.352 e. The smallest absolute Gasteiger partial charge is 0.240 e. The molecule has 1 saturated carbocycles. The zero-order chi connectivity index (χ0) is 20.4. The van der Waals surface area contributed by atoms with Gasteiger partial charge in [-0.1, -0.05) is 47.8 Å². The summed E-state index contributed by atoms with van der Waals surface area (Å²) in [5.74, 6) is 1.64. The molecule has 2 fully saturated rings. The summed E-state index contributed by atoms with van der Waals surface area (Å²) in [5.41, 5.74) is 2.43. The number of hydrogen-bond donors (Lipinski definition) is 1. The van der Waals surface area contributed by atoms with Gasteiger partial charge in [-0.2, -0.15) is 4.98 Å². The van der Waals surface area contributed by atoms with Gasteiger partial charge in [0.15, 0.2) is 5.82 Å². The fourth-order valence-electron chi connectivity index (χ4n) is 4.74. The molecule has 0 radical (unpaired) electrons. The maximum Gasteiger partial charge on any atom is 0.240 e. The lowest BCUT2D eigenvalue weighted by atomic mass is 9.78. The monoisotopic (exact) mass is 396 g/mol. The van der Waals surface area contributed by atoms with Crippen LogP contribution in [0.25, 0.3) is 0 Å². The first-order chi connectivity index (χ1) is 14.0. The molecule has 1 amide bonds. The topological polar surface area (TPSA) is 71.3 Å². The highest BCUT2D eigenvalue weighted by Gasteiger charge is 2.41. The number of nitrogens with one attached hydrogen (secondary N) is 1. The molecule has 2 aliphatic rings. The van der Waals surface area contributed by atoms with E-state index < -0.39 is 0 Å². The van der Waals surface area contributed by atoms with E-state index in [1.807, 2.05) is 0 Å². The summed E-state index contributed by atoms with van der Waals surface area (Å²) in [6.07, 6.45) is 6.04. The Kier molecular flexibility index (Phi) is 5.72. The molecule has 156 valence electrons. The molecular formula is C23H32N4O2. The molecule has 1 aliphatic heterocycles. The van der Waals surface area contributed by atoms with Crippen LogP contribution >= 0.6 is 0 Å². The van der Waals surface area contributed by atoms with Gasteiger partial charge in [-0.05, 0) is 45.6 Å². The van der Waals surface area contributed by atoms with Crippen molar-refractivity contribution in [3.63, 3.8) is 0 Å². The second-order valence-electron chi connectivity index (χ2n) is 8.99. The van der Waals surface area contributed by atoms with Crippen molar-refractivity contribution in [1.29, 1.82) is 0 Å². The average Bonchev–Trinajstić information content (AvgIpc) is 3.43. The summed E-state index contributed by atoms with van der Waals surface area (Å²) in [7, 11) is 0. The van der Waals surface area contributed by atoms with Gasteiger partial charge in [0.1, 0.15) is 0 Å². The van der Waals surface area contributed by atoms with Crippen LogP contribution in [0.15, 0.2) is 28.8 Å². The summed E-state index contributed by atoms with van der Waals surface area (Å²) in [4.78, 5) is 18.7. The SMILES string of the molecule is Cc1ccc(C2(c3noc(CN(CC4CCC(=O)N4)C(C)C)n3)CCCC2)cc1. The lowest BCUT2D eigenvalue weighted by Crippen LogP contribution is -2.41. The van der Waals surface area contributed by atoms with Crippen LogP contribution in [0.5, 0.6) is 0 Å². The lowest BCUT2D eigenvalue weighted by Gasteiger charge is -2.28. The Morgan fingerprint density at radius 2 is 1.97 bits per heavy atom. The molecule has 6 heteroatoms. The van der Waals surface area contributed by atoms with Gasteiger partial charge in [0, 0.05) is 25.0 Å². The zero-order valence-electron chi connectivity index (χ0n) is 17.8. The van der Waals surface area contributed by atoms with Crippen LogP contribution in [-0.4, -0.2) is 39.6 Å². The van der Waals surface area contributed by atoms with Gasteiger partial charge >= 0.3 is 0 Å². The number of benzene rings is 1. The number of carbonyl (C=O) groups is 1. The lowest BCUT2D eigenvalue weighted by molar-refractivity contribution is -0.119. The molecule has 6 nitrogen and oxygen atoms in total. The summed E-state index contributed by atoms with van der Waals surface area (Å²) in [6, 6.07) is 9.33. The first kappa shape index (κ1) is 20.1. The van der Waals surface area contributed by atoms with Crippen LogP contribution in [0.2, 0.25) is 0 Å². The van der Waals surface area contributed by atoms with E-state index >= 15 is 0 Å². The molecule has 4 rings (SSSR count). The van der Waals surface area contributed by atoms with E-state index in [1.54, 1.807) is 0 Å². The third-order valence-electron chi connectivity index (χ3n) is 6.57. The van der Waals surface area contributed by atoms with E-state index in [0.717, 1.165) is 31.6 Å². The summed E-state index contributed by atoms with van der Waals surface area (Å²) in [6.45, 7) is 7.87. The molecule has 0 spiro atoms. The van der Waals surface area contributed by atoms with E-state index in [4.69, 9.17) is 9.51 Å². The Morgan fingerprint density at radius 3 is 2.59 bits per heavy atom. The number of aryl methyl sites for hydroxylation is 1. The molecule has 1 saturated heterocycles. The average molecular weight is 397 g/mol. The standard InChI is InChI=1S/C23H32N4O2/c1-16(2)27(14-19-10-11-20(28)24-19)15-21-25-22(26-29-21)23(12-4-5-13-23)18-8-6-17(3)7-9-18/h6-9,16,19H,4-5,10-15H2,1-3H3,(H,24,28). The van der Waals surface area contributed by atoms with E-state index in [2.05, 4.69) is 60.4 Å². The maximum atomic E-state index is 11.5. The number of aromatic nitrogens is 2. The molecule has 1 aliphatic carbocycles. The second kappa shape index (κ2) is 8.27. The molecule has 2 heterocycles. The minimum Gasteiger partial charge on any atom is -0.352 e. The number of nitrogens with zero attached hydrogens (tertiary/aromatic N) is 3. The van der Waals surface area contributed by atoms with Crippen molar-refractivity contribution in [1.82, 2.24) is 20.4 Å². The quantitative estimate of drug-likeness (QED) is 0.772. The van der Waals surface area contributed by atoms with Crippen LogP contribution in [0.4, 0.5) is 0 Å². The predicted octanol–water partition coefficient (Wildman–Crippen LogP) is 3.73. The van der Waals surface area contributed by atoms with Crippen LogP contribution in [0, 0.1) is 6.92 Å². The minimum atomic E-state index is -0.127. The van der Waals surface area contributed by atoms with Gasteiger partial charge in [0.25, 0.3) is 0 Å². The Balaban J connectivity index is 1.52. The third-order valence-corrected chi connectivity index (χ3v) is 6.57. The molecular weight excluding hydrogens is 364 g/mol. The van der Waals surface area contributed by atoms with Gasteiger partial charge in [0.05, 0.1) is 12.0 Å². The molecule has 1 unspecified atom stereocenters.